The van der Waals surface area contributed by atoms with E-state index in [0.717, 1.165) is 5.56 Å². The molecular weight excluding hydrogens is 246 g/mol. The molecule has 0 saturated heterocycles. The zero-order valence-corrected chi connectivity index (χ0v) is 10.4. The number of carbonyl (C=O) groups excluding carboxylic acids is 2. The molecule has 0 atom stereocenters. The Morgan fingerprint density at radius 3 is 2.68 bits per heavy atom. The van der Waals surface area contributed by atoms with Gasteiger partial charge in [-0.2, -0.15) is 0 Å². The number of carbonyl (C=O) groups is 2. The fraction of sp³-hybridized carbons (Fsp3) is 0.143. The van der Waals surface area contributed by atoms with E-state index < -0.39 is 11.9 Å². The summed E-state index contributed by atoms with van der Waals surface area (Å²) in [7, 11) is 0. The molecule has 2 rings (SSSR count). The molecule has 0 fully saturated rings. The van der Waals surface area contributed by atoms with E-state index in [0.29, 0.717) is 5.69 Å². The second-order valence-electron chi connectivity index (χ2n) is 3.92. The van der Waals surface area contributed by atoms with Crippen LogP contribution in [-0.4, -0.2) is 18.5 Å². The number of anilines is 1. The number of ether oxygens (including phenoxy) is 1. The van der Waals surface area contributed by atoms with Gasteiger partial charge in [-0.15, -0.1) is 0 Å². The van der Waals surface area contributed by atoms with Gasteiger partial charge in [0.2, 0.25) is 5.76 Å². The molecule has 19 heavy (non-hydrogen) atoms. The Bertz CT molecular complexity index is 575. The maximum absolute atomic E-state index is 11.6. The summed E-state index contributed by atoms with van der Waals surface area (Å²) in [6, 6.07) is 10.4. The number of hydrogen-bond acceptors (Lipinski definition) is 4. The van der Waals surface area contributed by atoms with Crippen LogP contribution in [0.15, 0.2) is 47.1 Å². The summed E-state index contributed by atoms with van der Waals surface area (Å²) in [6.07, 6.45) is 1.37. The molecule has 1 aromatic carbocycles. The molecule has 5 heteroatoms. The van der Waals surface area contributed by atoms with Crippen LogP contribution in [0.3, 0.4) is 0 Å². The fourth-order valence-electron chi connectivity index (χ4n) is 1.50. The lowest BCUT2D eigenvalue weighted by molar-refractivity contribution is -0.119. The topological polar surface area (TPSA) is 68.5 Å². The molecule has 98 valence electrons. The summed E-state index contributed by atoms with van der Waals surface area (Å²) in [5.74, 6) is -0.983. The van der Waals surface area contributed by atoms with Crippen molar-refractivity contribution in [3.63, 3.8) is 0 Å². The number of benzene rings is 1. The first-order chi connectivity index (χ1) is 9.16. The molecule has 0 spiro atoms. The predicted octanol–water partition coefficient (Wildman–Crippen LogP) is 2.38. The van der Waals surface area contributed by atoms with Gasteiger partial charge < -0.3 is 14.5 Å². The first-order valence-corrected chi connectivity index (χ1v) is 5.73. The maximum Gasteiger partial charge on any atom is 0.374 e. The lowest BCUT2D eigenvalue weighted by Crippen LogP contribution is -2.21. The summed E-state index contributed by atoms with van der Waals surface area (Å²) in [6.45, 7) is 1.53. The smallest absolute Gasteiger partial charge is 0.374 e. The molecule has 2 aromatic rings. The summed E-state index contributed by atoms with van der Waals surface area (Å²) in [5.41, 5.74) is 1.63. The number of furan rings is 1. The van der Waals surface area contributed by atoms with E-state index in [-0.39, 0.29) is 12.4 Å². The minimum absolute atomic E-state index is 0.0729. The summed E-state index contributed by atoms with van der Waals surface area (Å²) >= 11 is 0. The third-order valence-corrected chi connectivity index (χ3v) is 2.48. The number of aryl methyl sites for hydroxylation is 1. The van der Waals surface area contributed by atoms with Crippen molar-refractivity contribution in [3.8, 4) is 0 Å². The Morgan fingerprint density at radius 1 is 1.21 bits per heavy atom. The first-order valence-electron chi connectivity index (χ1n) is 5.73. The van der Waals surface area contributed by atoms with Crippen molar-refractivity contribution in [1.82, 2.24) is 0 Å². The van der Waals surface area contributed by atoms with Gasteiger partial charge in [-0.05, 0) is 30.7 Å². The molecule has 0 unspecified atom stereocenters. The highest BCUT2D eigenvalue weighted by atomic mass is 16.5. The second kappa shape index (κ2) is 5.86. The normalized spacial score (nSPS) is 9.95. The minimum Gasteiger partial charge on any atom is -0.457 e. The molecule has 5 nitrogen and oxygen atoms in total. The van der Waals surface area contributed by atoms with Crippen LogP contribution >= 0.6 is 0 Å². The van der Waals surface area contributed by atoms with Crippen LogP contribution in [0.25, 0.3) is 0 Å². The van der Waals surface area contributed by atoms with Crippen LogP contribution in [0.4, 0.5) is 5.69 Å². The molecule has 1 heterocycles. The van der Waals surface area contributed by atoms with E-state index in [1.165, 1.54) is 12.3 Å². The van der Waals surface area contributed by atoms with E-state index in [1.807, 2.05) is 25.1 Å². The van der Waals surface area contributed by atoms with Crippen molar-refractivity contribution in [3.05, 3.63) is 54.0 Å². The SMILES string of the molecule is Cc1ccccc1NC(=O)COC(=O)c1ccco1. The van der Waals surface area contributed by atoms with Crippen LogP contribution in [0.5, 0.6) is 0 Å². The van der Waals surface area contributed by atoms with Crippen molar-refractivity contribution in [2.24, 2.45) is 0 Å². The summed E-state index contributed by atoms with van der Waals surface area (Å²) < 4.78 is 9.67. The van der Waals surface area contributed by atoms with Crippen molar-refractivity contribution < 1.29 is 18.7 Å². The second-order valence-corrected chi connectivity index (χ2v) is 3.92. The molecule has 1 aromatic heterocycles. The third kappa shape index (κ3) is 3.45. The van der Waals surface area contributed by atoms with Gasteiger partial charge in [-0.1, -0.05) is 18.2 Å². The fourth-order valence-corrected chi connectivity index (χ4v) is 1.50. The van der Waals surface area contributed by atoms with Crippen molar-refractivity contribution in [2.75, 3.05) is 11.9 Å². The first kappa shape index (κ1) is 12.9. The Kier molecular flexibility index (Phi) is 3.97. The molecule has 0 aliphatic rings. The number of esters is 1. The number of para-hydroxylation sites is 1. The van der Waals surface area contributed by atoms with Gasteiger partial charge in [0.15, 0.2) is 6.61 Å². The number of nitrogens with one attached hydrogen (secondary N) is 1. The van der Waals surface area contributed by atoms with Gasteiger partial charge in [-0.3, -0.25) is 4.79 Å². The van der Waals surface area contributed by atoms with Crippen LogP contribution in [-0.2, 0) is 9.53 Å². The Morgan fingerprint density at radius 2 is 2.00 bits per heavy atom. The zero-order valence-electron chi connectivity index (χ0n) is 10.4. The highest BCUT2D eigenvalue weighted by molar-refractivity contribution is 5.95. The minimum atomic E-state index is -0.662. The zero-order chi connectivity index (χ0) is 13.7. The lowest BCUT2D eigenvalue weighted by Gasteiger charge is -2.07. The molecule has 1 amide bonds. The van der Waals surface area contributed by atoms with Crippen LogP contribution in [0.2, 0.25) is 0 Å². The van der Waals surface area contributed by atoms with Gasteiger partial charge in [-0.25, -0.2) is 4.79 Å². The largest absolute Gasteiger partial charge is 0.457 e. The third-order valence-electron chi connectivity index (χ3n) is 2.48. The van der Waals surface area contributed by atoms with Crippen LogP contribution < -0.4 is 5.32 Å². The van der Waals surface area contributed by atoms with Crippen LogP contribution in [0.1, 0.15) is 16.1 Å². The van der Waals surface area contributed by atoms with Crippen molar-refractivity contribution in [2.45, 2.75) is 6.92 Å². The quantitative estimate of drug-likeness (QED) is 0.856. The monoisotopic (exact) mass is 259 g/mol. The number of amides is 1. The summed E-state index contributed by atoms with van der Waals surface area (Å²) in [4.78, 5) is 23.1. The standard InChI is InChI=1S/C14H13NO4/c1-10-5-2-3-6-11(10)15-13(16)9-19-14(17)12-7-4-8-18-12/h2-8H,9H2,1H3,(H,15,16). The average molecular weight is 259 g/mol. The van der Waals surface area contributed by atoms with Gasteiger partial charge in [0.05, 0.1) is 6.26 Å². The average Bonchev–Trinajstić information content (AvgIpc) is 2.93. The Balaban J connectivity index is 1.86. The Labute approximate surface area is 110 Å². The van der Waals surface area contributed by atoms with E-state index in [4.69, 9.17) is 9.15 Å². The van der Waals surface area contributed by atoms with Gasteiger partial charge >= 0.3 is 5.97 Å². The highest BCUT2D eigenvalue weighted by Crippen LogP contribution is 2.12. The van der Waals surface area contributed by atoms with E-state index in [2.05, 4.69) is 5.32 Å². The maximum atomic E-state index is 11.6. The molecule has 0 radical (unpaired) electrons. The molecule has 1 N–H and O–H groups in total. The van der Waals surface area contributed by atoms with Gasteiger partial charge in [0.25, 0.3) is 5.91 Å². The van der Waals surface area contributed by atoms with Crippen LogP contribution in [0, 0.1) is 6.92 Å². The highest BCUT2D eigenvalue weighted by Gasteiger charge is 2.12. The van der Waals surface area contributed by atoms with Gasteiger partial charge in [0.1, 0.15) is 0 Å². The van der Waals surface area contributed by atoms with E-state index in [1.54, 1.807) is 12.1 Å². The number of rotatable bonds is 4. The van der Waals surface area contributed by atoms with E-state index >= 15 is 0 Å². The molecule has 0 aliphatic carbocycles. The summed E-state index contributed by atoms with van der Waals surface area (Å²) in [5, 5.41) is 2.66. The lowest BCUT2D eigenvalue weighted by atomic mass is 10.2. The molecule has 0 bridgehead atoms. The molecule has 0 saturated carbocycles. The predicted molar refractivity (Wildman–Crippen MR) is 68.8 cm³/mol. The van der Waals surface area contributed by atoms with Crippen molar-refractivity contribution >= 4 is 17.6 Å². The van der Waals surface area contributed by atoms with Gasteiger partial charge in [0, 0.05) is 5.69 Å². The Hall–Kier alpha value is -2.56. The molecule has 0 aliphatic heterocycles. The van der Waals surface area contributed by atoms with Crippen molar-refractivity contribution in [1.29, 1.82) is 0 Å². The van der Waals surface area contributed by atoms with E-state index in [9.17, 15) is 9.59 Å². The number of hydrogen-bond donors (Lipinski definition) is 1. The molecular formula is C14H13NO4.